The first-order chi connectivity index (χ1) is 7.66. The first kappa shape index (κ1) is 11.6. The Morgan fingerprint density at radius 1 is 1.56 bits per heavy atom. The summed E-state index contributed by atoms with van der Waals surface area (Å²) in [6.45, 7) is 0. The number of carboxylic acids is 1. The number of rotatable bonds is 3. The van der Waals surface area contributed by atoms with E-state index in [2.05, 4.69) is 5.32 Å². The van der Waals surface area contributed by atoms with E-state index < -0.39 is 5.97 Å². The molecular formula is C11H12ClNO2S. The Kier molecular flexibility index (Phi) is 3.61. The number of carbonyl (C=O) groups is 1. The molecule has 0 spiro atoms. The molecule has 1 aromatic rings. The van der Waals surface area contributed by atoms with Crippen LogP contribution in [0.15, 0.2) is 18.2 Å². The molecule has 86 valence electrons. The summed E-state index contributed by atoms with van der Waals surface area (Å²) in [6, 6.07) is 5.16. The van der Waals surface area contributed by atoms with Crippen LogP contribution in [0.25, 0.3) is 0 Å². The van der Waals surface area contributed by atoms with Crippen molar-refractivity contribution < 1.29 is 9.90 Å². The Bertz CT molecular complexity index is 405. The molecule has 0 saturated carbocycles. The smallest absolute Gasteiger partial charge is 0.337 e. The molecule has 1 atom stereocenters. The number of aromatic carboxylic acids is 1. The van der Waals surface area contributed by atoms with E-state index in [-0.39, 0.29) is 5.56 Å². The lowest BCUT2D eigenvalue weighted by Gasteiger charge is -2.15. The van der Waals surface area contributed by atoms with Crippen LogP contribution in [0.3, 0.4) is 0 Å². The molecule has 2 N–H and O–H groups in total. The van der Waals surface area contributed by atoms with Gasteiger partial charge in [0.15, 0.2) is 0 Å². The molecule has 5 heteroatoms. The molecule has 16 heavy (non-hydrogen) atoms. The highest BCUT2D eigenvalue weighted by Crippen LogP contribution is 2.26. The minimum Gasteiger partial charge on any atom is -0.478 e. The molecule has 3 nitrogen and oxygen atoms in total. The van der Waals surface area contributed by atoms with Crippen LogP contribution in [0.2, 0.25) is 5.02 Å². The predicted octanol–water partition coefficient (Wildman–Crippen LogP) is 2.96. The zero-order valence-electron chi connectivity index (χ0n) is 8.57. The largest absolute Gasteiger partial charge is 0.478 e. The maximum absolute atomic E-state index is 11.0. The van der Waals surface area contributed by atoms with Gasteiger partial charge < -0.3 is 10.4 Å². The number of hydrogen-bond donors (Lipinski definition) is 2. The van der Waals surface area contributed by atoms with Gasteiger partial charge in [0.1, 0.15) is 0 Å². The highest BCUT2D eigenvalue weighted by atomic mass is 35.5. The van der Waals surface area contributed by atoms with Gasteiger partial charge in [0.25, 0.3) is 0 Å². The highest BCUT2D eigenvalue weighted by molar-refractivity contribution is 7.99. The van der Waals surface area contributed by atoms with Crippen molar-refractivity contribution in [2.24, 2.45) is 0 Å². The molecule has 0 aliphatic carbocycles. The Balaban J connectivity index is 2.22. The first-order valence-electron chi connectivity index (χ1n) is 5.04. The van der Waals surface area contributed by atoms with Gasteiger partial charge in [0.2, 0.25) is 0 Å². The van der Waals surface area contributed by atoms with Gasteiger partial charge in [-0.15, -0.1) is 0 Å². The minimum absolute atomic E-state index is 0.279. The fraction of sp³-hybridized carbons (Fsp3) is 0.364. The van der Waals surface area contributed by atoms with Crippen molar-refractivity contribution in [1.29, 1.82) is 0 Å². The van der Waals surface area contributed by atoms with Gasteiger partial charge in [-0.3, -0.25) is 0 Å². The molecule has 1 aliphatic heterocycles. The molecule has 1 saturated heterocycles. The fourth-order valence-electron chi connectivity index (χ4n) is 1.69. The first-order valence-corrected chi connectivity index (χ1v) is 6.57. The predicted molar refractivity (Wildman–Crippen MR) is 67.8 cm³/mol. The van der Waals surface area contributed by atoms with E-state index in [1.165, 1.54) is 6.07 Å². The second kappa shape index (κ2) is 4.97. The number of nitrogens with one attached hydrogen (secondary N) is 1. The fourth-order valence-corrected chi connectivity index (χ4v) is 3.02. The lowest BCUT2D eigenvalue weighted by atomic mass is 10.1. The third-order valence-electron chi connectivity index (χ3n) is 2.50. The lowest BCUT2D eigenvalue weighted by molar-refractivity contribution is 0.0698. The summed E-state index contributed by atoms with van der Waals surface area (Å²) < 4.78 is 0. The van der Waals surface area contributed by atoms with E-state index in [1.807, 2.05) is 11.8 Å². The topological polar surface area (TPSA) is 49.3 Å². The van der Waals surface area contributed by atoms with Crippen molar-refractivity contribution in [2.45, 2.75) is 12.5 Å². The van der Waals surface area contributed by atoms with Crippen molar-refractivity contribution in [2.75, 3.05) is 16.8 Å². The quantitative estimate of drug-likeness (QED) is 0.874. The van der Waals surface area contributed by atoms with Crippen LogP contribution in [0, 0.1) is 0 Å². The zero-order valence-corrected chi connectivity index (χ0v) is 10.1. The van der Waals surface area contributed by atoms with Crippen LogP contribution in [0.1, 0.15) is 16.8 Å². The van der Waals surface area contributed by atoms with Crippen molar-refractivity contribution in [3.63, 3.8) is 0 Å². The highest BCUT2D eigenvalue weighted by Gasteiger charge is 2.18. The summed E-state index contributed by atoms with van der Waals surface area (Å²) in [5.74, 6) is 1.22. The molecular weight excluding hydrogens is 246 g/mol. The van der Waals surface area contributed by atoms with Crippen LogP contribution in [0.5, 0.6) is 0 Å². The molecule has 1 aromatic carbocycles. The standard InChI is InChI=1S/C11H12ClNO2S/c12-7-1-2-9(11(14)15)10(5-7)13-8-3-4-16-6-8/h1-2,5,8,13H,3-4,6H2,(H,14,15). The normalized spacial score (nSPS) is 19.7. The van der Waals surface area contributed by atoms with Crippen LogP contribution in [0.4, 0.5) is 5.69 Å². The van der Waals surface area contributed by atoms with Crippen molar-refractivity contribution in [1.82, 2.24) is 0 Å². The Morgan fingerprint density at radius 2 is 2.38 bits per heavy atom. The second-order valence-electron chi connectivity index (χ2n) is 3.70. The van der Waals surface area contributed by atoms with Gasteiger partial charge in [-0.05, 0) is 30.4 Å². The van der Waals surface area contributed by atoms with Crippen molar-refractivity contribution >= 4 is 35.0 Å². The Morgan fingerprint density at radius 3 is 3.00 bits per heavy atom. The molecule has 0 bridgehead atoms. The van der Waals surface area contributed by atoms with Crippen LogP contribution in [-0.4, -0.2) is 28.6 Å². The number of carboxylic acid groups (broad SMARTS) is 1. The van der Waals surface area contributed by atoms with E-state index in [9.17, 15) is 4.79 Å². The number of thioether (sulfide) groups is 1. The summed E-state index contributed by atoms with van der Waals surface area (Å²) >= 11 is 7.75. The molecule has 2 rings (SSSR count). The summed E-state index contributed by atoms with van der Waals surface area (Å²) in [7, 11) is 0. The summed E-state index contributed by atoms with van der Waals surface area (Å²) in [5.41, 5.74) is 0.897. The number of benzene rings is 1. The second-order valence-corrected chi connectivity index (χ2v) is 5.29. The maximum atomic E-state index is 11.0. The molecule has 0 radical (unpaired) electrons. The average molecular weight is 258 g/mol. The van der Waals surface area contributed by atoms with E-state index in [4.69, 9.17) is 16.7 Å². The maximum Gasteiger partial charge on any atom is 0.337 e. The monoisotopic (exact) mass is 257 g/mol. The van der Waals surface area contributed by atoms with Gasteiger partial charge in [-0.25, -0.2) is 4.79 Å². The van der Waals surface area contributed by atoms with Crippen LogP contribution in [-0.2, 0) is 0 Å². The van der Waals surface area contributed by atoms with Crippen LogP contribution < -0.4 is 5.32 Å². The number of halogens is 1. The Hall–Kier alpha value is -0.870. The average Bonchev–Trinajstić information content (AvgIpc) is 2.70. The van der Waals surface area contributed by atoms with Gasteiger partial charge in [0.05, 0.1) is 11.3 Å². The molecule has 0 amide bonds. The van der Waals surface area contributed by atoms with E-state index in [1.54, 1.807) is 12.1 Å². The molecule has 1 heterocycles. The third-order valence-corrected chi connectivity index (χ3v) is 3.90. The van der Waals surface area contributed by atoms with Gasteiger partial charge in [-0.2, -0.15) is 11.8 Å². The number of hydrogen-bond acceptors (Lipinski definition) is 3. The van der Waals surface area contributed by atoms with Crippen molar-refractivity contribution in [3.8, 4) is 0 Å². The lowest BCUT2D eigenvalue weighted by Crippen LogP contribution is -2.20. The minimum atomic E-state index is -0.926. The number of anilines is 1. The third kappa shape index (κ3) is 2.62. The van der Waals surface area contributed by atoms with Crippen LogP contribution >= 0.6 is 23.4 Å². The SMILES string of the molecule is O=C(O)c1ccc(Cl)cc1NC1CCSC1. The summed E-state index contributed by atoms with van der Waals surface area (Å²) in [6.07, 6.45) is 1.07. The molecule has 0 aromatic heterocycles. The van der Waals surface area contributed by atoms with E-state index in [0.29, 0.717) is 16.8 Å². The van der Waals surface area contributed by atoms with E-state index in [0.717, 1.165) is 17.9 Å². The zero-order chi connectivity index (χ0) is 11.5. The van der Waals surface area contributed by atoms with Gasteiger partial charge >= 0.3 is 5.97 Å². The molecule has 1 unspecified atom stereocenters. The summed E-state index contributed by atoms with van der Waals surface area (Å²) in [5, 5.41) is 12.8. The van der Waals surface area contributed by atoms with Gasteiger partial charge in [-0.1, -0.05) is 11.6 Å². The Labute approximate surface area is 103 Å². The van der Waals surface area contributed by atoms with Crippen molar-refractivity contribution in [3.05, 3.63) is 28.8 Å². The van der Waals surface area contributed by atoms with Gasteiger partial charge in [0, 0.05) is 16.8 Å². The summed E-state index contributed by atoms with van der Waals surface area (Å²) in [4.78, 5) is 11.0. The molecule has 1 aliphatic rings. The van der Waals surface area contributed by atoms with E-state index >= 15 is 0 Å². The molecule has 1 fully saturated rings.